The van der Waals surface area contributed by atoms with Crippen LogP contribution in [0.25, 0.3) is 0 Å². The van der Waals surface area contributed by atoms with Gasteiger partial charge in [-0.05, 0) is 12.8 Å². The van der Waals surface area contributed by atoms with E-state index in [-0.39, 0.29) is 23.3 Å². The first-order valence-corrected chi connectivity index (χ1v) is 7.35. The van der Waals surface area contributed by atoms with Crippen LogP contribution in [0.5, 0.6) is 0 Å². The number of carbonyl (C=O) groups excluding carboxylic acids is 1. The summed E-state index contributed by atoms with van der Waals surface area (Å²) in [6, 6.07) is 0. The van der Waals surface area contributed by atoms with Crippen LogP contribution >= 0.6 is 0 Å². The average Bonchev–Trinajstić information content (AvgIpc) is 2.53. The summed E-state index contributed by atoms with van der Waals surface area (Å²) in [6.07, 6.45) is 3.68. The lowest BCUT2D eigenvalue weighted by Crippen LogP contribution is -2.32. The third kappa shape index (κ3) is 4.20. The predicted octanol–water partition coefficient (Wildman–Crippen LogP) is 0.728. The van der Waals surface area contributed by atoms with Gasteiger partial charge in [0, 0.05) is 6.54 Å². The predicted molar refractivity (Wildman–Crippen MR) is 59.3 cm³/mol. The van der Waals surface area contributed by atoms with Gasteiger partial charge in [-0.25, -0.2) is 8.42 Å². The fourth-order valence-corrected chi connectivity index (χ4v) is 3.47. The van der Waals surface area contributed by atoms with Crippen molar-refractivity contribution in [1.82, 2.24) is 5.32 Å². The van der Waals surface area contributed by atoms with Crippen LogP contribution in [-0.2, 0) is 14.6 Å². The summed E-state index contributed by atoms with van der Waals surface area (Å²) in [4.78, 5) is 11.5. The number of nitrogens with one attached hydrogen (secondary N) is 1. The second-order valence-corrected chi connectivity index (χ2v) is 6.33. The van der Waals surface area contributed by atoms with E-state index in [2.05, 4.69) is 12.2 Å². The van der Waals surface area contributed by atoms with Crippen LogP contribution in [0.15, 0.2) is 0 Å². The molecule has 0 aromatic rings. The lowest BCUT2D eigenvalue weighted by atomic mass is 10.1. The van der Waals surface area contributed by atoms with Crippen LogP contribution < -0.4 is 5.32 Å². The highest BCUT2D eigenvalue weighted by molar-refractivity contribution is 7.91. The first kappa shape index (κ1) is 12.5. The van der Waals surface area contributed by atoms with Crippen LogP contribution in [0.1, 0.15) is 32.6 Å². The number of carbonyl (C=O) groups is 1. The minimum absolute atomic E-state index is 0.0343. The molecule has 1 amide bonds. The summed E-state index contributed by atoms with van der Waals surface area (Å²) >= 11 is 0. The Morgan fingerprint density at radius 3 is 2.67 bits per heavy atom. The Morgan fingerprint density at radius 2 is 2.13 bits per heavy atom. The Labute approximate surface area is 91.4 Å². The molecule has 1 heterocycles. The maximum atomic E-state index is 11.5. The second kappa shape index (κ2) is 5.49. The molecule has 0 aliphatic carbocycles. The van der Waals surface area contributed by atoms with Crippen LogP contribution in [0, 0.1) is 5.92 Å². The summed E-state index contributed by atoms with van der Waals surface area (Å²) in [5.74, 6) is -0.198. The molecular formula is C10H19NO3S. The lowest BCUT2D eigenvalue weighted by Gasteiger charge is -2.08. The molecule has 0 saturated carbocycles. The van der Waals surface area contributed by atoms with Crippen molar-refractivity contribution in [2.45, 2.75) is 32.6 Å². The summed E-state index contributed by atoms with van der Waals surface area (Å²) in [5.41, 5.74) is 0. The zero-order chi connectivity index (χ0) is 11.3. The Balaban J connectivity index is 2.24. The number of sulfone groups is 1. The highest BCUT2D eigenvalue weighted by Crippen LogP contribution is 2.18. The summed E-state index contributed by atoms with van der Waals surface area (Å²) < 4.78 is 22.3. The SMILES string of the molecule is CCCCCNC(=O)C1CCS(=O)(=O)C1. The van der Waals surface area contributed by atoms with E-state index in [1.165, 1.54) is 0 Å². The number of hydrogen-bond donors (Lipinski definition) is 1. The van der Waals surface area contributed by atoms with Crippen molar-refractivity contribution >= 4 is 15.7 Å². The normalized spacial score (nSPS) is 23.9. The van der Waals surface area contributed by atoms with Gasteiger partial charge in [0.15, 0.2) is 9.84 Å². The van der Waals surface area contributed by atoms with Crippen molar-refractivity contribution in [3.8, 4) is 0 Å². The van der Waals surface area contributed by atoms with Crippen molar-refractivity contribution in [1.29, 1.82) is 0 Å². The smallest absolute Gasteiger partial charge is 0.224 e. The molecule has 15 heavy (non-hydrogen) atoms. The standard InChI is InChI=1S/C10H19NO3S/c1-2-3-4-6-11-10(12)9-5-7-15(13,14)8-9/h9H,2-8H2,1H3,(H,11,12). The summed E-state index contributed by atoms with van der Waals surface area (Å²) in [6.45, 7) is 2.77. The number of unbranched alkanes of at least 4 members (excludes halogenated alkanes) is 2. The Morgan fingerprint density at radius 1 is 1.40 bits per heavy atom. The zero-order valence-electron chi connectivity index (χ0n) is 9.16. The van der Waals surface area contributed by atoms with Gasteiger partial charge in [0.25, 0.3) is 0 Å². The molecule has 1 unspecified atom stereocenters. The third-order valence-corrected chi connectivity index (χ3v) is 4.45. The summed E-state index contributed by atoms with van der Waals surface area (Å²) in [5, 5.41) is 2.79. The van der Waals surface area contributed by atoms with E-state index in [1.807, 2.05) is 0 Å². The van der Waals surface area contributed by atoms with Crippen LogP contribution in [0.4, 0.5) is 0 Å². The molecule has 4 nitrogen and oxygen atoms in total. The molecule has 0 bridgehead atoms. The molecule has 1 aliphatic rings. The fourth-order valence-electron chi connectivity index (χ4n) is 1.73. The Hall–Kier alpha value is -0.580. The highest BCUT2D eigenvalue weighted by atomic mass is 32.2. The molecule has 5 heteroatoms. The van der Waals surface area contributed by atoms with E-state index in [0.717, 1.165) is 19.3 Å². The number of hydrogen-bond acceptors (Lipinski definition) is 3. The molecule has 1 atom stereocenters. The van der Waals surface area contributed by atoms with Crippen LogP contribution in [-0.4, -0.2) is 32.4 Å². The molecule has 1 fully saturated rings. The molecule has 0 aromatic carbocycles. The maximum absolute atomic E-state index is 11.5. The van der Waals surface area contributed by atoms with Gasteiger partial charge in [0.1, 0.15) is 0 Å². The molecule has 1 rings (SSSR count). The van der Waals surface area contributed by atoms with Gasteiger partial charge >= 0.3 is 0 Å². The molecule has 0 aromatic heterocycles. The van der Waals surface area contributed by atoms with E-state index in [1.54, 1.807) is 0 Å². The fraction of sp³-hybridized carbons (Fsp3) is 0.900. The largest absolute Gasteiger partial charge is 0.356 e. The van der Waals surface area contributed by atoms with Gasteiger partial charge < -0.3 is 5.32 Å². The van der Waals surface area contributed by atoms with Gasteiger partial charge in [0.05, 0.1) is 17.4 Å². The molecule has 0 radical (unpaired) electrons. The van der Waals surface area contributed by atoms with E-state index < -0.39 is 9.84 Å². The second-order valence-electron chi connectivity index (χ2n) is 4.10. The highest BCUT2D eigenvalue weighted by Gasteiger charge is 2.32. The maximum Gasteiger partial charge on any atom is 0.224 e. The van der Waals surface area contributed by atoms with E-state index >= 15 is 0 Å². The van der Waals surface area contributed by atoms with E-state index in [9.17, 15) is 13.2 Å². The first-order chi connectivity index (χ1) is 7.05. The van der Waals surface area contributed by atoms with Gasteiger partial charge in [-0.3, -0.25) is 4.79 Å². The minimum Gasteiger partial charge on any atom is -0.356 e. The Bertz CT molecular complexity index is 311. The number of rotatable bonds is 5. The monoisotopic (exact) mass is 233 g/mol. The molecule has 1 N–H and O–H groups in total. The average molecular weight is 233 g/mol. The quantitative estimate of drug-likeness (QED) is 0.712. The van der Waals surface area contributed by atoms with Gasteiger partial charge in [0.2, 0.25) is 5.91 Å². The number of amides is 1. The van der Waals surface area contributed by atoms with E-state index in [0.29, 0.717) is 13.0 Å². The van der Waals surface area contributed by atoms with Crippen molar-refractivity contribution in [2.75, 3.05) is 18.1 Å². The van der Waals surface area contributed by atoms with Crippen molar-refractivity contribution in [3.63, 3.8) is 0 Å². The Kier molecular flexibility index (Phi) is 4.57. The van der Waals surface area contributed by atoms with Crippen LogP contribution in [0.3, 0.4) is 0 Å². The van der Waals surface area contributed by atoms with Crippen molar-refractivity contribution < 1.29 is 13.2 Å². The van der Waals surface area contributed by atoms with E-state index in [4.69, 9.17) is 0 Å². The van der Waals surface area contributed by atoms with Crippen molar-refractivity contribution in [3.05, 3.63) is 0 Å². The molecular weight excluding hydrogens is 214 g/mol. The zero-order valence-corrected chi connectivity index (χ0v) is 9.98. The minimum atomic E-state index is -2.94. The molecule has 0 spiro atoms. The first-order valence-electron chi connectivity index (χ1n) is 5.53. The topological polar surface area (TPSA) is 63.2 Å². The van der Waals surface area contributed by atoms with Gasteiger partial charge in [-0.1, -0.05) is 19.8 Å². The lowest BCUT2D eigenvalue weighted by molar-refractivity contribution is -0.124. The van der Waals surface area contributed by atoms with Crippen molar-refractivity contribution in [2.24, 2.45) is 5.92 Å². The molecule has 88 valence electrons. The third-order valence-electron chi connectivity index (χ3n) is 2.68. The summed E-state index contributed by atoms with van der Waals surface area (Å²) in [7, 11) is -2.94. The molecule has 1 saturated heterocycles. The van der Waals surface area contributed by atoms with Crippen LogP contribution in [0.2, 0.25) is 0 Å². The van der Waals surface area contributed by atoms with Gasteiger partial charge in [-0.15, -0.1) is 0 Å². The molecule has 1 aliphatic heterocycles. The van der Waals surface area contributed by atoms with Gasteiger partial charge in [-0.2, -0.15) is 0 Å².